The van der Waals surface area contributed by atoms with Crippen molar-refractivity contribution in [1.82, 2.24) is 9.97 Å². The van der Waals surface area contributed by atoms with Gasteiger partial charge in [0.05, 0.1) is 12.1 Å². The molecular formula is C12H19N3O2. The molecule has 2 unspecified atom stereocenters. The zero-order chi connectivity index (χ0) is 12.4. The van der Waals surface area contributed by atoms with E-state index >= 15 is 0 Å². The Morgan fingerprint density at radius 3 is 2.82 bits per heavy atom. The van der Waals surface area contributed by atoms with Crippen LogP contribution in [0.2, 0.25) is 0 Å². The molecule has 0 bridgehead atoms. The first-order valence-corrected chi connectivity index (χ1v) is 6.07. The minimum Gasteiger partial charge on any atom is -0.391 e. The summed E-state index contributed by atoms with van der Waals surface area (Å²) in [5.74, 6) is 1.24. The van der Waals surface area contributed by atoms with Crippen LogP contribution < -0.4 is 10.5 Å². The lowest BCUT2D eigenvalue weighted by Crippen LogP contribution is -2.44. The van der Waals surface area contributed by atoms with Gasteiger partial charge in [0.25, 0.3) is 5.56 Å². The lowest BCUT2D eigenvalue weighted by molar-refractivity contribution is 0.106. The molecular weight excluding hydrogens is 218 g/mol. The maximum absolute atomic E-state index is 11.4. The Balaban J connectivity index is 2.23. The standard InChI is InChI=1S/C12H19N3O2/c1-8-13-11(7-12(17)14-8)15(2)9-5-3-4-6-10(9)16/h7,9-10,16H,3-6H2,1-2H3,(H,13,14,17). The van der Waals surface area contributed by atoms with E-state index in [1.165, 1.54) is 6.07 Å². The van der Waals surface area contributed by atoms with Gasteiger partial charge in [-0.25, -0.2) is 4.98 Å². The highest BCUT2D eigenvalue weighted by Crippen LogP contribution is 2.24. The number of anilines is 1. The van der Waals surface area contributed by atoms with Gasteiger partial charge >= 0.3 is 0 Å². The van der Waals surface area contributed by atoms with E-state index in [0.29, 0.717) is 11.6 Å². The fourth-order valence-corrected chi connectivity index (χ4v) is 2.46. The first-order chi connectivity index (χ1) is 8.08. The zero-order valence-corrected chi connectivity index (χ0v) is 10.3. The lowest BCUT2D eigenvalue weighted by Gasteiger charge is -2.35. The Bertz CT molecular complexity index is 444. The number of aliphatic hydroxyl groups is 1. The van der Waals surface area contributed by atoms with E-state index in [2.05, 4.69) is 9.97 Å². The number of hydrogen-bond acceptors (Lipinski definition) is 4. The van der Waals surface area contributed by atoms with Gasteiger partial charge < -0.3 is 15.0 Å². The molecule has 1 aromatic heterocycles. The van der Waals surface area contributed by atoms with Gasteiger partial charge in [0.2, 0.25) is 0 Å². The molecule has 1 heterocycles. The number of nitrogens with zero attached hydrogens (tertiary/aromatic N) is 2. The summed E-state index contributed by atoms with van der Waals surface area (Å²) >= 11 is 0. The summed E-state index contributed by atoms with van der Waals surface area (Å²) < 4.78 is 0. The van der Waals surface area contributed by atoms with Crippen LogP contribution in [0.3, 0.4) is 0 Å². The van der Waals surface area contributed by atoms with Crippen molar-refractivity contribution in [3.63, 3.8) is 0 Å². The number of H-pyrrole nitrogens is 1. The van der Waals surface area contributed by atoms with Crippen molar-refractivity contribution >= 4 is 5.82 Å². The Hall–Kier alpha value is -1.36. The summed E-state index contributed by atoms with van der Waals surface area (Å²) in [5.41, 5.74) is -0.148. The topological polar surface area (TPSA) is 69.2 Å². The first kappa shape index (κ1) is 12.1. The summed E-state index contributed by atoms with van der Waals surface area (Å²) in [6.45, 7) is 1.76. The van der Waals surface area contributed by atoms with Crippen molar-refractivity contribution < 1.29 is 5.11 Å². The second-order valence-electron chi connectivity index (χ2n) is 4.72. The monoisotopic (exact) mass is 237 g/mol. The van der Waals surface area contributed by atoms with Crippen LogP contribution in [0.5, 0.6) is 0 Å². The lowest BCUT2D eigenvalue weighted by atomic mass is 9.91. The predicted octanol–water partition coefficient (Wildman–Crippen LogP) is 0.818. The molecule has 0 aromatic carbocycles. The van der Waals surface area contributed by atoms with Crippen molar-refractivity contribution in [3.8, 4) is 0 Å². The number of rotatable bonds is 2. The molecule has 0 aliphatic heterocycles. The molecule has 2 N–H and O–H groups in total. The molecule has 17 heavy (non-hydrogen) atoms. The second kappa shape index (κ2) is 4.87. The minimum absolute atomic E-state index is 0.0671. The van der Waals surface area contributed by atoms with Gasteiger partial charge in [-0.15, -0.1) is 0 Å². The SMILES string of the molecule is Cc1nc(N(C)C2CCCCC2O)cc(=O)[nH]1. The number of aliphatic hydroxyl groups excluding tert-OH is 1. The van der Waals surface area contributed by atoms with Crippen molar-refractivity contribution in [2.45, 2.75) is 44.8 Å². The molecule has 1 fully saturated rings. The highest BCUT2D eigenvalue weighted by Gasteiger charge is 2.27. The van der Waals surface area contributed by atoms with Crippen LogP contribution >= 0.6 is 0 Å². The molecule has 0 spiro atoms. The summed E-state index contributed by atoms with van der Waals surface area (Å²) in [5, 5.41) is 9.98. The number of hydrogen-bond donors (Lipinski definition) is 2. The van der Waals surface area contributed by atoms with Crippen molar-refractivity contribution in [2.75, 3.05) is 11.9 Å². The average molecular weight is 237 g/mol. The summed E-state index contributed by atoms with van der Waals surface area (Å²) in [6.07, 6.45) is 3.65. The van der Waals surface area contributed by atoms with Crippen LogP contribution in [-0.2, 0) is 0 Å². The van der Waals surface area contributed by atoms with Gasteiger partial charge in [-0.2, -0.15) is 0 Å². The zero-order valence-electron chi connectivity index (χ0n) is 10.3. The fourth-order valence-electron chi connectivity index (χ4n) is 2.46. The van der Waals surface area contributed by atoms with Gasteiger partial charge in [0.1, 0.15) is 11.6 Å². The van der Waals surface area contributed by atoms with Crippen LogP contribution in [-0.4, -0.2) is 34.3 Å². The normalized spacial score (nSPS) is 24.6. The summed E-state index contributed by atoms with van der Waals surface area (Å²) in [6, 6.07) is 1.55. The molecule has 5 heteroatoms. The summed E-state index contributed by atoms with van der Waals surface area (Å²) in [4.78, 5) is 20.2. The van der Waals surface area contributed by atoms with E-state index in [-0.39, 0.29) is 17.7 Å². The van der Waals surface area contributed by atoms with E-state index in [1.807, 2.05) is 11.9 Å². The van der Waals surface area contributed by atoms with Crippen molar-refractivity contribution in [2.24, 2.45) is 0 Å². The fraction of sp³-hybridized carbons (Fsp3) is 0.667. The maximum Gasteiger partial charge on any atom is 0.252 e. The van der Waals surface area contributed by atoms with Gasteiger partial charge in [-0.05, 0) is 19.8 Å². The Labute approximate surface area is 100 Å². The van der Waals surface area contributed by atoms with Gasteiger partial charge in [-0.3, -0.25) is 4.79 Å². The highest BCUT2D eigenvalue weighted by atomic mass is 16.3. The quantitative estimate of drug-likeness (QED) is 0.799. The molecule has 94 valence electrons. The van der Waals surface area contributed by atoms with Gasteiger partial charge in [0.15, 0.2) is 0 Å². The third-order valence-electron chi connectivity index (χ3n) is 3.40. The molecule has 1 saturated carbocycles. The molecule has 0 saturated heterocycles. The molecule has 1 aliphatic rings. The first-order valence-electron chi connectivity index (χ1n) is 6.07. The molecule has 1 aromatic rings. The molecule has 0 radical (unpaired) electrons. The van der Waals surface area contributed by atoms with E-state index in [0.717, 1.165) is 25.7 Å². The number of aromatic amines is 1. The van der Waals surface area contributed by atoms with Gasteiger partial charge in [0, 0.05) is 13.1 Å². The maximum atomic E-state index is 11.4. The molecule has 2 rings (SSSR count). The number of likely N-dealkylation sites (N-methyl/N-ethyl adjacent to an activating group) is 1. The van der Waals surface area contributed by atoms with E-state index < -0.39 is 0 Å². The third-order valence-corrected chi connectivity index (χ3v) is 3.40. The molecule has 0 amide bonds. The molecule has 5 nitrogen and oxygen atoms in total. The third kappa shape index (κ3) is 2.66. The number of nitrogens with one attached hydrogen (secondary N) is 1. The minimum atomic E-state index is -0.324. The molecule has 1 aliphatic carbocycles. The van der Waals surface area contributed by atoms with E-state index in [4.69, 9.17) is 0 Å². The van der Waals surface area contributed by atoms with Crippen LogP contribution in [0, 0.1) is 6.92 Å². The predicted molar refractivity (Wildman–Crippen MR) is 66.3 cm³/mol. The number of aryl methyl sites for hydroxylation is 1. The highest BCUT2D eigenvalue weighted by molar-refractivity contribution is 5.38. The second-order valence-corrected chi connectivity index (χ2v) is 4.72. The van der Waals surface area contributed by atoms with Crippen LogP contribution in [0.4, 0.5) is 5.82 Å². The largest absolute Gasteiger partial charge is 0.391 e. The Kier molecular flexibility index (Phi) is 3.47. The van der Waals surface area contributed by atoms with Crippen molar-refractivity contribution in [3.05, 3.63) is 22.2 Å². The summed E-state index contributed by atoms with van der Waals surface area (Å²) in [7, 11) is 1.89. The van der Waals surface area contributed by atoms with Crippen molar-refractivity contribution in [1.29, 1.82) is 0 Å². The van der Waals surface area contributed by atoms with Crippen LogP contribution in [0.1, 0.15) is 31.5 Å². The Morgan fingerprint density at radius 2 is 2.18 bits per heavy atom. The average Bonchev–Trinajstić information content (AvgIpc) is 2.27. The van der Waals surface area contributed by atoms with Crippen LogP contribution in [0.15, 0.2) is 10.9 Å². The smallest absolute Gasteiger partial charge is 0.252 e. The van der Waals surface area contributed by atoms with E-state index in [9.17, 15) is 9.90 Å². The Morgan fingerprint density at radius 1 is 1.47 bits per heavy atom. The number of aromatic nitrogens is 2. The van der Waals surface area contributed by atoms with E-state index in [1.54, 1.807) is 6.92 Å². The van der Waals surface area contributed by atoms with Crippen LogP contribution in [0.25, 0.3) is 0 Å². The van der Waals surface area contributed by atoms with Gasteiger partial charge in [-0.1, -0.05) is 12.8 Å². The molecule has 2 atom stereocenters.